The number of pyridine rings is 1. The molecule has 1 rings (SSSR count). The smallest absolute Gasteiger partial charge is 0.238 e. The van der Waals surface area contributed by atoms with Crippen LogP contribution >= 0.6 is 0 Å². The molecule has 0 aliphatic carbocycles. The quantitative estimate of drug-likeness (QED) is 0.555. The van der Waals surface area contributed by atoms with Crippen LogP contribution in [0.15, 0.2) is 18.3 Å². The van der Waals surface area contributed by atoms with Gasteiger partial charge in [-0.15, -0.1) is 6.42 Å². The molecule has 1 amide bonds. The molecule has 0 saturated carbocycles. The fourth-order valence-electron chi connectivity index (χ4n) is 0.995. The number of rotatable bonds is 4. The molecule has 4 heteroatoms. The normalized spacial score (nSPS) is 9.33. The van der Waals surface area contributed by atoms with E-state index in [-0.39, 0.29) is 12.5 Å². The van der Waals surface area contributed by atoms with E-state index in [9.17, 15) is 4.79 Å². The van der Waals surface area contributed by atoms with E-state index in [2.05, 4.69) is 21.5 Å². The fraction of sp³-hybridized carbons (Fsp3) is 0.273. The highest BCUT2D eigenvalue weighted by Gasteiger charge is 2.00. The molecular weight excluding hydrogens is 190 g/mol. The minimum atomic E-state index is -0.129. The Morgan fingerprint density at radius 2 is 2.40 bits per heavy atom. The lowest BCUT2D eigenvalue weighted by atomic mass is 10.3. The first-order valence-electron chi connectivity index (χ1n) is 4.59. The molecule has 15 heavy (non-hydrogen) atoms. The van der Waals surface area contributed by atoms with Crippen LogP contribution in [0.1, 0.15) is 5.69 Å². The first kappa shape index (κ1) is 11.2. The van der Waals surface area contributed by atoms with Gasteiger partial charge in [0.15, 0.2) is 0 Å². The zero-order valence-corrected chi connectivity index (χ0v) is 8.58. The lowest BCUT2D eigenvalue weighted by molar-refractivity contribution is -0.115. The third-order valence-electron chi connectivity index (χ3n) is 1.71. The van der Waals surface area contributed by atoms with Crippen molar-refractivity contribution in [2.24, 2.45) is 0 Å². The van der Waals surface area contributed by atoms with E-state index in [0.29, 0.717) is 12.2 Å². The summed E-state index contributed by atoms with van der Waals surface area (Å²) in [6, 6.07) is 3.64. The summed E-state index contributed by atoms with van der Waals surface area (Å²) in [5.41, 5.74) is 1.60. The van der Waals surface area contributed by atoms with Crippen molar-refractivity contribution in [3.63, 3.8) is 0 Å². The molecule has 4 nitrogen and oxygen atoms in total. The number of anilines is 1. The van der Waals surface area contributed by atoms with E-state index in [1.54, 1.807) is 12.3 Å². The Morgan fingerprint density at radius 3 is 3.00 bits per heavy atom. The Bertz CT molecular complexity index is 364. The van der Waals surface area contributed by atoms with Crippen molar-refractivity contribution in [2.45, 2.75) is 6.92 Å². The average Bonchev–Trinajstić information content (AvgIpc) is 2.22. The largest absolute Gasteiger partial charge is 0.324 e. The highest BCUT2D eigenvalue weighted by molar-refractivity contribution is 5.92. The van der Waals surface area contributed by atoms with Crippen LogP contribution in [0, 0.1) is 19.3 Å². The van der Waals surface area contributed by atoms with Gasteiger partial charge in [0.25, 0.3) is 0 Å². The van der Waals surface area contributed by atoms with Crippen LogP contribution in [0.4, 0.5) is 5.69 Å². The molecule has 2 N–H and O–H groups in total. The summed E-state index contributed by atoms with van der Waals surface area (Å²) >= 11 is 0. The Balaban J connectivity index is 2.38. The zero-order chi connectivity index (χ0) is 11.1. The summed E-state index contributed by atoms with van der Waals surface area (Å²) in [5, 5.41) is 5.49. The monoisotopic (exact) mass is 203 g/mol. The number of hydrogen-bond acceptors (Lipinski definition) is 3. The molecule has 78 valence electrons. The van der Waals surface area contributed by atoms with Crippen LogP contribution in [0.3, 0.4) is 0 Å². The number of nitrogens with zero attached hydrogens (tertiary/aromatic N) is 1. The predicted octanol–water partition coefficient (Wildman–Crippen LogP) is 0.551. The van der Waals surface area contributed by atoms with Crippen molar-refractivity contribution in [1.82, 2.24) is 10.3 Å². The van der Waals surface area contributed by atoms with Crippen LogP contribution in [-0.2, 0) is 4.79 Å². The molecule has 0 radical (unpaired) electrons. The number of carbonyl (C=O) groups excluding carboxylic acids is 1. The van der Waals surface area contributed by atoms with Crippen molar-refractivity contribution >= 4 is 11.6 Å². The van der Waals surface area contributed by atoms with E-state index < -0.39 is 0 Å². The molecule has 1 heterocycles. The van der Waals surface area contributed by atoms with Crippen LogP contribution < -0.4 is 10.6 Å². The Hall–Kier alpha value is -1.86. The molecule has 0 saturated heterocycles. The molecule has 0 atom stereocenters. The third-order valence-corrected chi connectivity index (χ3v) is 1.71. The molecule has 0 aliphatic heterocycles. The maximum Gasteiger partial charge on any atom is 0.238 e. The lowest BCUT2D eigenvalue weighted by Gasteiger charge is -2.04. The van der Waals surface area contributed by atoms with Gasteiger partial charge in [-0.05, 0) is 19.1 Å². The van der Waals surface area contributed by atoms with E-state index in [1.807, 2.05) is 13.0 Å². The van der Waals surface area contributed by atoms with E-state index in [4.69, 9.17) is 6.42 Å². The van der Waals surface area contributed by atoms with Gasteiger partial charge in [0.1, 0.15) is 0 Å². The fourth-order valence-corrected chi connectivity index (χ4v) is 0.995. The number of aromatic nitrogens is 1. The molecule has 1 aromatic rings. The van der Waals surface area contributed by atoms with Gasteiger partial charge in [0.2, 0.25) is 5.91 Å². The second kappa shape index (κ2) is 5.78. The molecule has 0 spiro atoms. The molecule has 0 unspecified atom stereocenters. The molecule has 0 fully saturated rings. The van der Waals surface area contributed by atoms with Gasteiger partial charge in [-0.25, -0.2) is 0 Å². The second-order valence-electron chi connectivity index (χ2n) is 3.04. The summed E-state index contributed by atoms with van der Waals surface area (Å²) in [7, 11) is 0. The highest BCUT2D eigenvalue weighted by atomic mass is 16.1. The van der Waals surface area contributed by atoms with Crippen LogP contribution in [0.5, 0.6) is 0 Å². The molecule has 0 aliphatic rings. The average molecular weight is 203 g/mol. The van der Waals surface area contributed by atoms with Gasteiger partial charge in [0, 0.05) is 5.69 Å². The molecule has 1 aromatic heterocycles. The number of carbonyl (C=O) groups is 1. The first-order chi connectivity index (χ1) is 7.22. The Morgan fingerprint density at radius 1 is 1.60 bits per heavy atom. The molecule has 0 bridgehead atoms. The maximum absolute atomic E-state index is 11.3. The van der Waals surface area contributed by atoms with Gasteiger partial charge < -0.3 is 5.32 Å². The van der Waals surface area contributed by atoms with Crippen molar-refractivity contribution in [3.8, 4) is 12.3 Å². The summed E-state index contributed by atoms with van der Waals surface area (Å²) < 4.78 is 0. The predicted molar refractivity (Wildman–Crippen MR) is 59.3 cm³/mol. The number of hydrogen-bond donors (Lipinski definition) is 2. The van der Waals surface area contributed by atoms with E-state index in [0.717, 1.165) is 5.69 Å². The number of aryl methyl sites for hydroxylation is 1. The van der Waals surface area contributed by atoms with Crippen LogP contribution in [-0.4, -0.2) is 24.0 Å². The molecule has 0 aromatic carbocycles. The summed E-state index contributed by atoms with van der Waals surface area (Å²) in [5.74, 6) is 2.26. The van der Waals surface area contributed by atoms with Crippen LogP contribution in [0.25, 0.3) is 0 Å². The van der Waals surface area contributed by atoms with Gasteiger partial charge in [0.05, 0.1) is 25.0 Å². The summed E-state index contributed by atoms with van der Waals surface area (Å²) in [4.78, 5) is 15.4. The van der Waals surface area contributed by atoms with E-state index >= 15 is 0 Å². The highest BCUT2D eigenvalue weighted by Crippen LogP contribution is 2.04. The Kier molecular flexibility index (Phi) is 4.32. The minimum absolute atomic E-state index is 0.129. The summed E-state index contributed by atoms with van der Waals surface area (Å²) in [6.45, 7) is 2.48. The number of amides is 1. The van der Waals surface area contributed by atoms with Gasteiger partial charge in [-0.1, -0.05) is 5.92 Å². The van der Waals surface area contributed by atoms with Crippen molar-refractivity contribution in [1.29, 1.82) is 0 Å². The first-order valence-corrected chi connectivity index (χ1v) is 4.59. The van der Waals surface area contributed by atoms with Crippen LogP contribution in [0.2, 0.25) is 0 Å². The third kappa shape index (κ3) is 4.25. The van der Waals surface area contributed by atoms with Gasteiger partial charge >= 0.3 is 0 Å². The summed E-state index contributed by atoms with van der Waals surface area (Å²) in [6.07, 6.45) is 6.65. The second-order valence-corrected chi connectivity index (χ2v) is 3.04. The van der Waals surface area contributed by atoms with Crippen molar-refractivity contribution < 1.29 is 4.79 Å². The van der Waals surface area contributed by atoms with E-state index in [1.165, 1.54) is 0 Å². The van der Waals surface area contributed by atoms with Crippen molar-refractivity contribution in [2.75, 3.05) is 18.4 Å². The zero-order valence-electron chi connectivity index (χ0n) is 8.58. The number of terminal acetylenes is 1. The van der Waals surface area contributed by atoms with Gasteiger partial charge in [-0.2, -0.15) is 0 Å². The number of nitrogens with one attached hydrogen (secondary N) is 2. The van der Waals surface area contributed by atoms with Gasteiger partial charge in [-0.3, -0.25) is 15.1 Å². The lowest BCUT2D eigenvalue weighted by Crippen LogP contribution is -2.28. The minimum Gasteiger partial charge on any atom is -0.324 e. The topological polar surface area (TPSA) is 54.0 Å². The SMILES string of the molecule is C#CCNCC(=O)Nc1ccc(C)nc1. The molecular formula is C11H13N3O. The maximum atomic E-state index is 11.3. The van der Waals surface area contributed by atoms with Crippen molar-refractivity contribution in [3.05, 3.63) is 24.0 Å². The Labute approximate surface area is 89.1 Å². The standard InChI is InChI=1S/C11H13N3O/c1-3-6-12-8-11(15)14-10-5-4-9(2)13-7-10/h1,4-5,7,12H,6,8H2,2H3,(H,14,15).